The van der Waals surface area contributed by atoms with Gasteiger partial charge in [0.05, 0.1) is 5.57 Å². The van der Waals surface area contributed by atoms with Gasteiger partial charge >= 0.3 is 0 Å². The van der Waals surface area contributed by atoms with E-state index in [0.717, 1.165) is 18.4 Å². The molecule has 1 aromatic carbocycles. The van der Waals surface area contributed by atoms with Crippen LogP contribution >= 0.6 is 0 Å². The van der Waals surface area contributed by atoms with E-state index >= 15 is 0 Å². The average Bonchev–Trinajstić information content (AvgIpc) is 2.88. The number of hydrazine groups is 1. The fraction of sp³-hybridized carbons (Fsp3) is 0.438. The molecule has 2 aliphatic heterocycles. The normalized spacial score (nSPS) is 30.5. The number of hydrogen-bond donors (Lipinski definition) is 4. The van der Waals surface area contributed by atoms with Gasteiger partial charge in [-0.1, -0.05) is 25.5 Å². The second-order valence-corrected chi connectivity index (χ2v) is 5.76. The highest BCUT2D eigenvalue weighted by Gasteiger charge is 2.48. The van der Waals surface area contributed by atoms with E-state index in [1.54, 1.807) is 18.2 Å². The molecule has 0 spiro atoms. The number of ether oxygens (including phenoxy) is 1. The summed E-state index contributed by atoms with van der Waals surface area (Å²) >= 11 is 0. The van der Waals surface area contributed by atoms with Crippen LogP contribution in [0, 0.1) is 17.2 Å². The highest BCUT2D eigenvalue weighted by molar-refractivity contribution is 5.43. The van der Waals surface area contributed by atoms with Gasteiger partial charge in [0.1, 0.15) is 11.8 Å². The van der Waals surface area contributed by atoms with E-state index in [1.807, 2.05) is 6.07 Å². The van der Waals surface area contributed by atoms with Gasteiger partial charge in [0.15, 0.2) is 6.23 Å². The van der Waals surface area contributed by atoms with Gasteiger partial charge in [-0.25, -0.2) is 5.43 Å². The molecule has 4 atom stereocenters. The second kappa shape index (κ2) is 5.87. The lowest BCUT2D eigenvalue weighted by Crippen LogP contribution is -2.41. The smallest absolute Gasteiger partial charge is 0.200 e. The Bertz CT molecular complexity index is 637. The summed E-state index contributed by atoms with van der Waals surface area (Å²) in [6.07, 6.45) is 1.71. The third-order valence-corrected chi connectivity index (χ3v) is 4.39. The molecule has 116 valence electrons. The van der Waals surface area contributed by atoms with Gasteiger partial charge in [-0.3, -0.25) is 5.43 Å². The third kappa shape index (κ3) is 2.39. The molecule has 2 heterocycles. The topological polar surface area (TPSA) is 103 Å². The van der Waals surface area contributed by atoms with Gasteiger partial charge in [0.2, 0.25) is 5.88 Å². The molecule has 1 aromatic rings. The molecule has 1 fully saturated rings. The van der Waals surface area contributed by atoms with E-state index in [0.29, 0.717) is 5.57 Å². The van der Waals surface area contributed by atoms with Crippen molar-refractivity contribution in [1.29, 1.82) is 5.26 Å². The number of nitriles is 1. The van der Waals surface area contributed by atoms with Crippen molar-refractivity contribution in [1.82, 2.24) is 10.9 Å². The zero-order valence-electron chi connectivity index (χ0n) is 12.4. The van der Waals surface area contributed by atoms with Crippen LogP contribution < -0.4 is 16.6 Å². The predicted molar refractivity (Wildman–Crippen MR) is 81.0 cm³/mol. The fourth-order valence-electron chi connectivity index (χ4n) is 3.46. The Kier molecular flexibility index (Phi) is 3.92. The number of aromatic hydroxyl groups is 1. The van der Waals surface area contributed by atoms with Gasteiger partial charge in [-0.2, -0.15) is 5.26 Å². The summed E-state index contributed by atoms with van der Waals surface area (Å²) in [6, 6.07) is 9.38. The predicted octanol–water partition coefficient (Wildman–Crippen LogP) is 1.42. The fourth-order valence-corrected chi connectivity index (χ4v) is 3.46. The molecule has 3 rings (SSSR count). The number of nitrogens with zero attached hydrogens (tertiary/aromatic N) is 1. The highest BCUT2D eigenvalue weighted by atomic mass is 16.5. The number of phenolic OH excluding ortho intramolecular Hbond substituents is 1. The summed E-state index contributed by atoms with van der Waals surface area (Å²) in [5.74, 6) is 0.185. The quantitative estimate of drug-likeness (QED) is 0.673. The molecule has 6 nitrogen and oxygen atoms in total. The summed E-state index contributed by atoms with van der Waals surface area (Å²) in [5.41, 5.74) is 13.6. The van der Waals surface area contributed by atoms with E-state index < -0.39 is 0 Å². The summed E-state index contributed by atoms with van der Waals surface area (Å²) in [7, 11) is 0. The summed E-state index contributed by atoms with van der Waals surface area (Å²) < 4.78 is 5.67. The number of nitrogens with one attached hydrogen (secondary N) is 2. The first-order valence-electron chi connectivity index (χ1n) is 7.52. The van der Waals surface area contributed by atoms with E-state index in [9.17, 15) is 10.4 Å². The van der Waals surface area contributed by atoms with Crippen molar-refractivity contribution in [2.75, 3.05) is 0 Å². The van der Waals surface area contributed by atoms with Crippen LogP contribution in [0.1, 0.15) is 31.2 Å². The monoisotopic (exact) mass is 300 g/mol. The maximum atomic E-state index is 9.79. The first-order chi connectivity index (χ1) is 10.7. The Morgan fingerprint density at radius 1 is 1.41 bits per heavy atom. The lowest BCUT2D eigenvalue weighted by molar-refractivity contribution is 0.0336. The van der Waals surface area contributed by atoms with Gasteiger partial charge in [-0.05, 0) is 24.1 Å². The number of phenols is 1. The number of fused-ring (bicyclic) bond motifs is 1. The second-order valence-electron chi connectivity index (χ2n) is 5.76. The highest BCUT2D eigenvalue weighted by Crippen LogP contribution is 2.44. The molecule has 0 bridgehead atoms. The zero-order valence-corrected chi connectivity index (χ0v) is 12.4. The third-order valence-electron chi connectivity index (χ3n) is 4.39. The van der Waals surface area contributed by atoms with Crippen molar-refractivity contribution in [3.05, 3.63) is 41.3 Å². The zero-order chi connectivity index (χ0) is 15.7. The van der Waals surface area contributed by atoms with E-state index in [1.165, 1.54) is 0 Å². The minimum Gasteiger partial charge on any atom is -0.508 e. The minimum absolute atomic E-state index is 0.0451. The number of rotatable bonds is 3. The van der Waals surface area contributed by atoms with E-state index in [4.69, 9.17) is 10.5 Å². The van der Waals surface area contributed by atoms with Crippen molar-refractivity contribution in [3.8, 4) is 11.8 Å². The molecule has 0 aliphatic carbocycles. The number of hydrogen-bond acceptors (Lipinski definition) is 6. The van der Waals surface area contributed by atoms with Crippen LogP contribution in [0.5, 0.6) is 5.75 Å². The first-order valence-corrected chi connectivity index (χ1v) is 7.52. The molecular weight excluding hydrogens is 280 g/mol. The first kappa shape index (κ1) is 14.7. The van der Waals surface area contributed by atoms with Crippen molar-refractivity contribution in [2.45, 2.75) is 38.0 Å². The van der Waals surface area contributed by atoms with E-state index in [2.05, 4.69) is 23.8 Å². The lowest BCUT2D eigenvalue weighted by Gasteiger charge is -2.35. The van der Waals surface area contributed by atoms with Crippen molar-refractivity contribution < 1.29 is 9.84 Å². The standard InChI is InChI=1S/C16H20N4O2/c1-2-4-12-14-13(9-5-3-6-10(21)7-9)11(8-17)15(18)22-16(14)20-19-12/h3,5-7,12-14,16,19-21H,2,4,18H2,1H3. The Labute approximate surface area is 129 Å². The minimum atomic E-state index is -0.277. The molecule has 0 radical (unpaired) electrons. The largest absolute Gasteiger partial charge is 0.508 e. The van der Waals surface area contributed by atoms with Gasteiger partial charge in [-0.15, -0.1) is 0 Å². The SMILES string of the molecule is CCCC1NNC2OC(N)=C(C#N)C(c3cccc(O)c3)C12. The van der Waals surface area contributed by atoms with Gasteiger partial charge < -0.3 is 15.6 Å². The van der Waals surface area contributed by atoms with Crippen molar-refractivity contribution >= 4 is 0 Å². The van der Waals surface area contributed by atoms with Crippen LogP contribution in [0.2, 0.25) is 0 Å². The maximum absolute atomic E-state index is 9.79. The Balaban J connectivity index is 2.07. The molecular formula is C16H20N4O2. The van der Waals surface area contributed by atoms with Crippen molar-refractivity contribution in [3.63, 3.8) is 0 Å². The van der Waals surface area contributed by atoms with Gasteiger partial charge in [0, 0.05) is 17.9 Å². The summed E-state index contributed by atoms with van der Waals surface area (Å²) in [5, 5.41) is 19.3. The van der Waals surface area contributed by atoms with Gasteiger partial charge in [0.25, 0.3) is 0 Å². The maximum Gasteiger partial charge on any atom is 0.200 e. The Morgan fingerprint density at radius 2 is 2.23 bits per heavy atom. The van der Waals surface area contributed by atoms with Crippen LogP contribution in [0.25, 0.3) is 0 Å². The average molecular weight is 300 g/mol. The summed E-state index contributed by atoms with van der Waals surface area (Å²) in [6.45, 7) is 2.12. The van der Waals surface area contributed by atoms with E-state index in [-0.39, 0.29) is 35.7 Å². The van der Waals surface area contributed by atoms with Crippen LogP contribution in [0.3, 0.4) is 0 Å². The number of nitrogens with two attached hydrogens (primary N) is 1. The van der Waals surface area contributed by atoms with Crippen LogP contribution in [-0.2, 0) is 4.74 Å². The molecule has 5 N–H and O–H groups in total. The molecule has 6 heteroatoms. The molecule has 0 aromatic heterocycles. The Morgan fingerprint density at radius 3 is 2.91 bits per heavy atom. The molecule has 1 saturated heterocycles. The van der Waals surface area contributed by atoms with Crippen LogP contribution in [0.4, 0.5) is 0 Å². The van der Waals surface area contributed by atoms with Crippen LogP contribution in [0.15, 0.2) is 35.7 Å². The summed E-state index contributed by atoms with van der Waals surface area (Å²) in [4.78, 5) is 0. The van der Waals surface area contributed by atoms with Crippen molar-refractivity contribution in [2.24, 2.45) is 11.7 Å². The molecule has 4 unspecified atom stereocenters. The Hall–Kier alpha value is -2.23. The lowest BCUT2D eigenvalue weighted by atomic mass is 9.75. The molecule has 0 amide bonds. The molecule has 2 aliphatic rings. The van der Waals surface area contributed by atoms with Crippen LogP contribution in [-0.4, -0.2) is 17.4 Å². The molecule has 0 saturated carbocycles. The molecule has 22 heavy (non-hydrogen) atoms. The number of allylic oxidation sites excluding steroid dienone is 1. The number of benzene rings is 1.